The molecule has 0 fully saturated rings. The molecule has 0 saturated carbocycles. The van der Waals surface area contributed by atoms with Gasteiger partial charge in [0.25, 0.3) is 11.4 Å². The maximum Gasteiger partial charge on any atom is 0.348 e. The largest absolute Gasteiger partial charge is 0.348 e. The van der Waals surface area contributed by atoms with Crippen molar-refractivity contribution in [3.8, 4) is 0 Å². The number of benzene rings is 3. The number of non-ortho nitro benzene ring substituents is 2. The highest BCUT2D eigenvalue weighted by Gasteiger charge is 2.40. The minimum Gasteiger partial charge on any atom is -0.303 e. The van der Waals surface area contributed by atoms with Gasteiger partial charge in [0.15, 0.2) is 0 Å². The molecule has 0 amide bonds. The molecule has 1 N–H and O–H groups in total. The fourth-order valence-electron chi connectivity index (χ4n) is 4.04. The Morgan fingerprint density at radius 1 is 0.737 bits per heavy atom. The van der Waals surface area contributed by atoms with E-state index < -0.39 is 23.2 Å². The number of nitro benzene ring substituents is 2. The van der Waals surface area contributed by atoms with E-state index in [1.54, 1.807) is 24.3 Å². The minimum absolute atomic E-state index is 0.0294. The van der Waals surface area contributed by atoms with Crippen LogP contribution in [0.15, 0.2) is 78.9 Å². The van der Waals surface area contributed by atoms with Gasteiger partial charge in [-0.05, 0) is 46.9 Å². The molecule has 11 heteroatoms. The molecule has 3 aromatic carbocycles. The topological polar surface area (TPSA) is 134 Å². The summed E-state index contributed by atoms with van der Waals surface area (Å²) < 4.78 is 26.5. The van der Waals surface area contributed by atoms with Crippen molar-refractivity contribution in [3.05, 3.63) is 116 Å². The van der Waals surface area contributed by atoms with Gasteiger partial charge in [-0.15, -0.1) is 0 Å². The summed E-state index contributed by atoms with van der Waals surface area (Å²) in [6.07, 6.45) is 1.46. The molecule has 0 aliphatic rings. The first-order valence-corrected chi connectivity index (χ1v) is 14.0. The van der Waals surface area contributed by atoms with E-state index >= 15 is 0 Å². The summed E-state index contributed by atoms with van der Waals surface area (Å²) in [5.74, 6) is -0.660. The highest BCUT2D eigenvalue weighted by molar-refractivity contribution is 7.54. The Labute approximate surface area is 221 Å². The molecular formula is C27H32N3O7P. The summed E-state index contributed by atoms with van der Waals surface area (Å²) in [6, 6.07) is 21.4. The van der Waals surface area contributed by atoms with Crippen molar-refractivity contribution in [2.75, 3.05) is 0 Å². The van der Waals surface area contributed by atoms with Crippen LogP contribution in [0.4, 0.5) is 11.4 Å². The fourth-order valence-corrected chi connectivity index (χ4v) is 6.35. The summed E-state index contributed by atoms with van der Waals surface area (Å²) in [5.41, 5.74) is 2.14. The van der Waals surface area contributed by atoms with Gasteiger partial charge in [0.1, 0.15) is 5.78 Å². The van der Waals surface area contributed by atoms with Crippen LogP contribution < -0.4 is 5.32 Å². The van der Waals surface area contributed by atoms with Crippen LogP contribution in [0.1, 0.15) is 43.4 Å². The smallest absolute Gasteiger partial charge is 0.303 e. The molecule has 3 rings (SSSR count). The Bertz CT molecular complexity index is 1170. The Hall–Kier alpha value is -3.43. The average Bonchev–Trinajstić information content (AvgIpc) is 2.94. The van der Waals surface area contributed by atoms with Gasteiger partial charge in [-0.3, -0.25) is 30.1 Å². The van der Waals surface area contributed by atoms with E-state index in [9.17, 15) is 24.8 Å². The van der Waals surface area contributed by atoms with Crippen molar-refractivity contribution >= 4 is 19.0 Å². The van der Waals surface area contributed by atoms with Crippen LogP contribution in [0.25, 0.3) is 0 Å². The van der Waals surface area contributed by atoms with Gasteiger partial charge in [-0.25, -0.2) is 0 Å². The lowest BCUT2D eigenvalue weighted by atomic mass is 10.0. The van der Waals surface area contributed by atoms with Crippen molar-refractivity contribution in [1.29, 1.82) is 0 Å². The van der Waals surface area contributed by atoms with Crippen LogP contribution in [-0.2, 0) is 33.4 Å². The lowest BCUT2D eigenvalue weighted by Gasteiger charge is -2.33. The van der Waals surface area contributed by atoms with Crippen LogP contribution in [0.3, 0.4) is 0 Å². The maximum absolute atomic E-state index is 14.5. The second-order valence-corrected chi connectivity index (χ2v) is 11.0. The van der Waals surface area contributed by atoms with Crippen LogP contribution in [0, 0.1) is 26.1 Å². The third-order valence-electron chi connectivity index (χ3n) is 6.31. The van der Waals surface area contributed by atoms with E-state index in [-0.39, 0.29) is 30.5 Å². The molecule has 0 bridgehead atoms. The molecule has 0 radical (unpaired) electrons. The van der Waals surface area contributed by atoms with E-state index in [1.165, 1.54) is 24.3 Å². The van der Waals surface area contributed by atoms with Gasteiger partial charge in [0.05, 0.1) is 23.1 Å². The van der Waals surface area contributed by atoms with Crippen molar-refractivity contribution in [2.45, 2.75) is 52.2 Å². The molecular weight excluding hydrogens is 509 g/mol. The predicted molar refractivity (Wildman–Crippen MR) is 145 cm³/mol. The van der Waals surface area contributed by atoms with Crippen molar-refractivity contribution in [2.24, 2.45) is 5.92 Å². The van der Waals surface area contributed by atoms with Crippen LogP contribution in [0.2, 0.25) is 0 Å². The molecule has 1 atom stereocenters. The van der Waals surface area contributed by atoms with Crippen LogP contribution >= 0.6 is 7.60 Å². The Morgan fingerprint density at radius 2 is 1.18 bits per heavy atom. The second kappa shape index (κ2) is 13.9. The van der Waals surface area contributed by atoms with Crippen molar-refractivity contribution in [1.82, 2.24) is 5.32 Å². The highest BCUT2D eigenvalue weighted by Crippen LogP contribution is 2.56. The number of nitrogens with zero attached hydrogens (tertiary/aromatic N) is 2. The van der Waals surface area contributed by atoms with Gasteiger partial charge in [0, 0.05) is 30.8 Å². The van der Waals surface area contributed by atoms with E-state index in [1.807, 2.05) is 44.2 Å². The number of hydrogen-bond acceptors (Lipinski definition) is 8. The van der Waals surface area contributed by atoms with E-state index in [0.29, 0.717) is 17.7 Å². The molecule has 0 unspecified atom stereocenters. The first kappa shape index (κ1) is 29.1. The first-order valence-electron chi connectivity index (χ1n) is 12.4. The quantitative estimate of drug-likeness (QED) is 0.124. The Morgan fingerprint density at radius 3 is 1.58 bits per heavy atom. The molecule has 0 heterocycles. The SMILES string of the molecule is CCC(CC)[C@@H](NCc1ccccc1)P(=O)(OCc1ccc([N+](=O)[O-])cc1)OCc1ccc([N+](=O)[O-])cc1. The number of nitro groups is 2. The Kier molecular flexibility index (Phi) is 10.7. The predicted octanol–water partition coefficient (Wildman–Crippen LogP) is 6.98. The number of nitrogens with one attached hydrogen (secondary N) is 1. The summed E-state index contributed by atoms with van der Waals surface area (Å²) >= 11 is 0. The molecule has 0 spiro atoms. The zero-order valence-corrected chi connectivity index (χ0v) is 22.3. The lowest BCUT2D eigenvalue weighted by Crippen LogP contribution is -2.36. The van der Waals surface area contributed by atoms with Crippen LogP contribution in [0.5, 0.6) is 0 Å². The summed E-state index contributed by atoms with van der Waals surface area (Å²) in [5, 5.41) is 25.4. The number of hydrogen-bond donors (Lipinski definition) is 1. The molecule has 3 aromatic rings. The molecule has 202 valence electrons. The normalized spacial score (nSPS) is 12.4. The molecule has 0 aliphatic heterocycles. The standard InChI is InChI=1S/C27H32N3O7P/c1-3-24(4-2)27(28-18-21-8-6-5-7-9-21)38(35,36-19-22-10-14-25(15-11-22)29(31)32)37-20-23-12-16-26(17-13-23)30(33)34/h5-17,24,27-28H,3-4,18-20H2,1-2H3/t27-/m0/s1. The highest BCUT2D eigenvalue weighted by atomic mass is 31.2. The van der Waals surface area contributed by atoms with Crippen molar-refractivity contribution < 1.29 is 23.5 Å². The maximum atomic E-state index is 14.5. The average molecular weight is 542 g/mol. The third-order valence-corrected chi connectivity index (χ3v) is 8.57. The molecule has 10 nitrogen and oxygen atoms in total. The van der Waals surface area contributed by atoms with Crippen LogP contribution in [-0.4, -0.2) is 15.6 Å². The van der Waals surface area contributed by atoms with Gasteiger partial charge >= 0.3 is 7.60 Å². The van der Waals surface area contributed by atoms with E-state index in [2.05, 4.69) is 5.32 Å². The second-order valence-electron chi connectivity index (χ2n) is 8.82. The zero-order valence-electron chi connectivity index (χ0n) is 21.4. The lowest BCUT2D eigenvalue weighted by molar-refractivity contribution is -0.385. The van der Waals surface area contributed by atoms with E-state index in [0.717, 1.165) is 18.4 Å². The minimum atomic E-state index is -3.83. The van der Waals surface area contributed by atoms with Crippen molar-refractivity contribution in [3.63, 3.8) is 0 Å². The van der Waals surface area contributed by atoms with E-state index in [4.69, 9.17) is 9.05 Å². The summed E-state index contributed by atoms with van der Waals surface area (Å²) in [6.45, 7) is 4.34. The Balaban J connectivity index is 1.87. The first-order chi connectivity index (χ1) is 18.3. The molecule has 0 aromatic heterocycles. The van der Waals surface area contributed by atoms with Gasteiger partial charge in [-0.1, -0.05) is 57.0 Å². The fraction of sp³-hybridized carbons (Fsp3) is 0.333. The third kappa shape index (κ3) is 8.03. The van der Waals surface area contributed by atoms with Gasteiger partial charge in [-0.2, -0.15) is 0 Å². The number of rotatable bonds is 15. The van der Waals surface area contributed by atoms with Gasteiger partial charge < -0.3 is 9.05 Å². The monoisotopic (exact) mass is 541 g/mol. The molecule has 38 heavy (non-hydrogen) atoms. The zero-order chi connectivity index (χ0) is 27.5. The van der Waals surface area contributed by atoms with Gasteiger partial charge in [0.2, 0.25) is 0 Å². The summed E-state index contributed by atoms with van der Waals surface area (Å²) in [7, 11) is -3.83. The summed E-state index contributed by atoms with van der Waals surface area (Å²) in [4.78, 5) is 21.0. The molecule has 0 saturated heterocycles. The molecule has 0 aliphatic carbocycles.